The fourth-order valence-electron chi connectivity index (χ4n) is 0.214. The molecule has 0 aliphatic heterocycles. The van der Waals surface area contributed by atoms with E-state index in [0.717, 1.165) is 6.92 Å². The molecule has 0 radical (unpaired) electrons. The van der Waals surface area contributed by atoms with Gasteiger partial charge in [-0.3, -0.25) is 0 Å². The third-order valence-corrected chi connectivity index (χ3v) is 1.13. The second-order valence-corrected chi connectivity index (χ2v) is 2.45. The van der Waals surface area contributed by atoms with Crippen molar-refractivity contribution >= 4 is 16.5 Å². The molecule has 0 aromatic heterocycles. The highest BCUT2D eigenvalue weighted by atomic mass is 32.3. The second kappa shape index (κ2) is 2.93. The smallest absolute Gasteiger partial charge is 0.438 e. The summed E-state index contributed by atoms with van der Waals surface area (Å²) in [5.41, 5.74) is 0. The number of hydrogen-bond donors (Lipinski definition) is 1. The molecule has 0 amide bonds. The van der Waals surface area contributed by atoms with E-state index in [4.69, 9.17) is 5.11 Å². The molecule has 0 saturated heterocycles. The van der Waals surface area contributed by atoms with Gasteiger partial charge in [0, 0.05) is 0 Å². The first-order chi connectivity index (χ1) is 4.33. The zero-order valence-corrected chi connectivity index (χ0v) is 5.76. The lowest BCUT2D eigenvalue weighted by molar-refractivity contribution is -0.144. The van der Waals surface area contributed by atoms with Crippen LogP contribution < -0.4 is 0 Å². The van der Waals surface area contributed by atoms with Crippen molar-refractivity contribution in [2.75, 3.05) is 0 Å². The summed E-state index contributed by atoms with van der Waals surface area (Å²) in [6, 6.07) is 0. The summed E-state index contributed by atoms with van der Waals surface area (Å²) in [6.07, 6.45) is -1.69. The maximum absolute atomic E-state index is 11.5. The van der Waals surface area contributed by atoms with Crippen LogP contribution in [-0.2, 0) is 19.5 Å². The maximum Gasteiger partial charge on any atom is 0.438 e. The predicted molar refractivity (Wildman–Crippen MR) is 28.2 cm³/mol. The average molecular weight is 172 g/mol. The van der Waals surface area contributed by atoms with Crippen LogP contribution in [-0.4, -0.2) is 25.6 Å². The summed E-state index contributed by atoms with van der Waals surface area (Å²) in [6.45, 7) is 0.902. The van der Waals surface area contributed by atoms with Crippen LogP contribution in [0.25, 0.3) is 0 Å². The molecule has 1 N–H and O–H groups in total. The summed E-state index contributed by atoms with van der Waals surface area (Å²) >= 11 is 0. The first-order valence-electron chi connectivity index (χ1n) is 2.18. The van der Waals surface area contributed by atoms with Gasteiger partial charge in [0.15, 0.2) is 6.10 Å². The first-order valence-corrected chi connectivity index (χ1v) is 3.49. The zero-order chi connectivity index (χ0) is 8.36. The van der Waals surface area contributed by atoms with E-state index in [1.54, 1.807) is 0 Å². The molecule has 0 aromatic rings. The molecule has 0 rings (SSSR count). The predicted octanol–water partition coefficient (Wildman–Crippen LogP) is -0.310. The monoisotopic (exact) mass is 172 g/mol. The van der Waals surface area contributed by atoms with Gasteiger partial charge in [-0.2, -0.15) is 8.42 Å². The average Bonchev–Trinajstić information content (AvgIpc) is 1.60. The Morgan fingerprint density at radius 3 is 2.20 bits per heavy atom. The van der Waals surface area contributed by atoms with Crippen LogP contribution in [0.1, 0.15) is 6.92 Å². The molecule has 10 heavy (non-hydrogen) atoms. The van der Waals surface area contributed by atoms with Crippen molar-refractivity contribution in [1.82, 2.24) is 0 Å². The molecule has 0 heterocycles. The lowest BCUT2D eigenvalue weighted by Crippen LogP contribution is -2.21. The number of halogens is 1. The Morgan fingerprint density at radius 2 is 2.10 bits per heavy atom. The van der Waals surface area contributed by atoms with Crippen molar-refractivity contribution in [3.8, 4) is 0 Å². The van der Waals surface area contributed by atoms with Gasteiger partial charge in [0.25, 0.3) is 0 Å². The normalized spacial score (nSPS) is 14.6. The maximum atomic E-state index is 11.5. The molecule has 0 bridgehead atoms. The molecule has 0 saturated carbocycles. The molecule has 1 atom stereocenters. The topological polar surface area (TPSA) is 80.7 Å². The Balaban J connectivity index is 4.06. The van der Waals surface area contributed by atoms with Crippen molar-refractivity contribution in [1.29, 1.82) is 0 Å². The number of aliphatic carboxylic acids is 1. The van der Waals surface area contributed by atoms with Crippen LogP contribution in [0.3, 0.4) is 0 Å². The summed E-state index contributed by atoms with van der Waals surface area (Å²) in [7, 11) is -5.15. The minimum atomic E-state index is -5.15. The summed E-state index contributed by atoms with van der Waals surface area (Å²) in [5, 5.41) is 7.99. The second-order valence-electron chi connectivity index (χ2n) is 1.47. The summed E-state index contributed by atoms with van der Waals surface area (Å²) in [5.74, 6) is -1.54. The molecule has 0 unspecified atom stereocenters. The third-order valence-electron chi connectivity index (χ3n) is 0.607. The Bertz CT molecular complexity index is 219. The van der Waals surface area contributed by atoms with Crippen molar-refractivity contribution in [2.24, 2.45) is 0 Å². The van der Waals surface area contributed by atoms with Gasteiger partial charge in [-0.1, -0.05) is 3.89 Å². The highest BCUT2D eigenvalue weighted by Crippen LogP contribution is 1.99. The lowest BCUT2D eigenvalue weighted by atomic mass is 10.4. The van der Waals surface area contributed by atoms with Crippen LogP contribution in [0.15, 0.2) is 0 Å². The number of rotatable bonds is 3. The van der Waals surface area contributed by atoms with Gasteiger partial charge in [0.2, 0.25) is 0 Å². The van der Waals surface area contributed by atoms with E-state index in [0.29, 0.717) is 0 Å². The van der Waals surface area contributed by atoms with Crippen LogP contribution in [0, 0.1) is 0 Å². The van der Waals surface area contributed by atoms with Crippen molar-refractivity contribution in [2.45, 2.75) is 13.0 Å². The van der Waals surface area contributed by atoms with Crippen molar-refractivity contribution < 1.29 is 26.4 Å². The number of carboxylic acids is 1. The van der Waals surface area contributed by atoms with Crippen molar-refractivity contribution in [3.63, 3.8) is 0 Å². The van der Waals surface area contributed by atoms with Gasteiger partial charge >= 0.3 is 16.5 Å². The van der Waals surface area contributed by atoms with Crippen LogP contribution in [0.4, 0.5) is 3.89 Å². The molecule has 7 heteroatoms. The van der Waals surface area contributed by atoms with Crippen LogP contribution >= 0.6 is 0 Å². The molecule has 5 nitrogen and oxygen atoms in total. The fourth-order valence-corrected chi connectivity index (χ4v) is 0.641. The molecule has 0 aromatic carbocycles. The largest absolute Gasteiger partial charge is 0.479 e. The van der Waals surface area contributed by atoms with Gasteiger partial charge in [0.1, 0.15) is 0 Å². The van der Waals surface area contributed by atoms with Crippen LogP contribution in [0.5, 0.6) is 0 Å². The van der Waals surface area contributed by atoms with E-state index in [-0.39, 0.29) is 0 Å². The molecular formula is C3H5FO5S. The SMILES string of the molecule is C[C@@H](OS(=O)(=O)F)C(=O)O. The van der Waals surface area contributed by atoms with E-state index < -0.39 is 22.6 Å². The number of hydrogen-bond acceptors (Lipinski definition) is 4. The van der Waals surface area contributed by atoms with Gasteiger partial charge in [-0.15, -0.1) is 0 Å². The number of carboxylic acid groups (broad SMARTS) is 1. The third kappa shape index (κ3) is 4.21. The van der Waals surface area contributed by atoms with E-state index >= 15 is 0 Å². The van der Waals surface area contributed by atoms with Gasteiger partial charge in [-0.25, -0.2) is 8.98 Å². The molecule has 0 aliphatic rings. The van der Waals surface area contributed by atoms with E-state index in [2.05, 4.69) is 4.18 Å². The van der Waals surface area contributed by atoms with Gasteiger partial charge < -0.3 is 5.11 Å². The minimum Gasteiger partial charge on any atom is -0.479 e. The standard InChI is InChI=1S/C3H5FO5S/c1-2(3(5)6)9-10(4,7)8/h2H,1H3,(H,5,6)/t2-/m1/s1. The first kappa shape index (κ1) is 9.31. The molecule has 0 spiro atoms. The van der Waals surface area contributed by atoms with E-state index in [9.17, 15) is 17.1 Å². The highest BCUT2D eigenvalue weighted by molar-refractivity contribution is 7.81. The van der Waals surface area contributed by atoms with Gasteiger partial charge in [-0.05, 0) is 6.92 Å². The Labute approximate surface area is 56.8 Å². The summed E-state index contributed by atoms with van der Waals surface area (Å²) in [4.78, 5) is 9.82. The molecule has 0 fully saturated rings. The quantitative estimate of drug-likeness (QED) is 0.590. The summed E-state index contributed by atoms with van der Waals surface area (Å²) < 4.78 is 34.1. The van der Waals surface area contributed by atoms with E-state index in [1.807, 2.05) is 0 Å². The Morgan fingerprint density at radius 1 is 1.70 bits per heavy atom. The molecular weight excluding hydrogens is 167 g/mol. The molecule has 60 valence electrons. The number of carbonyl (C=O) groups is 1. The Hall–Kier alpha value is -0.690. The van der Waals surface area contributed by atoms with Crippen molar-refractivity contribution in [3.05, 3.63) is 0 Å². The van der Waals surface area contributed by atoms with E-state index in [1.165, 1.54) is 0 Å². The lowest BCUT2D eigenvalue weighted by Gasteiger charge is -2.00. The van der Waals surface area contributed by atoms with Gasteiger partial charge in [0.05, 0.1) is 0 Å². The zero-order valence-electron chi connectivity index (χ0n) is 4.94. The molecule has 0 aliphatic carbocycles. The van der Waals surface area contributed by atoms with Crippen LogP contribution in [0.2, 0.25) is 0 Å². The highest BCUT2D eigenvalue weighted by Gasteiger charge is 2.19. The Kier molecular flexibility index (Phi) is 2.73. The minimum absolute atomic E-state index is 0.902. The fraction of sp³-hybridized carbons (Fsp3) is 0.667.